The van der Waals surface area contributed by atoms with E-state index in [1.807, 2.05) is 24.3 Å². The largest absolute Gasteiger partial charge is 0.447 e. The number of anilines is 3. The fourth-order valence-electron chi connectivity index (χ4n) is 3.99. The Balaban J connectivity index is 1.53. The number of cyclic esters (lactones) is 1. The van der Waals surface area contributed by atoms with E-state index in [4.69, 9.17) is 4.74 Å². The Labute approximate surface area is 173 Å². The Morgan fingerprint density at radius 1 is 1.23 bits per heavy atom. The van der Waals surface area contributed by atoms with Crippen molar-refractivity contribution in [2.24, 2.45) is 5.92 Å². The van der Waals surface area contributed by atoms with Gasteiger partial charge in [0.2, 0.25) is 0 Å². The third-order valence-electron chi connectivity index (χ3n) is 5.71. The summed E-state index contributed by atoms with van der Waals surface area (Å²) < 4.78 is 5.07. The molecule has 0 radical (unpaired) electrons. The normalized spacial score (nSPS) is 17.9. The summed E-state index contributed by atoms with van der Waals surface area (Å²) in [6.07, 6.45) is 1.78. The second-order valence-electron chi connectivity index (χ2n) is 7.97. The first-order valence-corrected chi connectivity index (χ1v) is 10.1. The molecular weight excluding hydrogens is 384 g/mol. The highest BCUT2D eigenvalue weighted by Gasteiger charge is 2.33. The standard InChI is InChI=1S/C22H22N4O4/c1-25-12-17-20(21(25)28)16(10-14(23-17)11-19(27)13-6-7-13)24-15-4-2-3-5-18(15)26-8-9-30-22(26)29/h2-5,10,13H,6-9,11-12H2,1H3,(H,23,24). The lowest BCUT2D eigenvalue weighted by atomic mass is 10.1. The van der Waals surface area contributed by atoms with Gasteiger partial charge in [0.1, 0.15) is 12.4 Å². The number of fused-ring (bicyclic) bond motifs is 1. The second-order valence-corrected chi connectivity index (χ2v) is 7.97. The van der Waals surface area contributed by atoms with Gasteiger partial charge in [-0.3, -0.25) is 19.5 Å². The first-order chi connectivity index (χ1) is 14.5. The van der Waals surface area contributed by atoms with E-state index < -0.39 is 6.09 Å². The summed E-state index contributed by atoms with van der Waals surface area (Å²) in [6.45, 7) is 1.22. The molecule has 0 bridgehead atoms. The molecule has 1 saturated carbocycles. The average Bonchev–Trinajstić information content (AvgIpc) is 3.43. The van der Waals surface area contributed by atoms with Gasteiger partial charge < -0.3 is 15.0 Å². The average molecular weight is 406 g/mol. The van der Waals surface area contributed by atoms with Crippen LogP contribution in [0, 0.1) is 5.92 Å². The van der Waals surface area contributed by atoms with Crippen molar-refractivity contribution in [2.75, 3.05) is 30.4 Å². The van der Waals surface area contributed by atoms with E-state index in [-0.39, 0.29) is 24.0 Å². The summed E-state index contributed by atoms with van der Waals surface area (Å²) in [5.41, 5.74) is 3.82. The third-order valence-corrected chi connectivity index (χ3v) is 5.71. The lowest BCUT2D eigenvalue weighted by Gasteiger charge is -2.19. The van der Waals surface area contributed by atoms with Crippen LogP contribution in [0.3, 0.4) is 0 Å². The zero-order valence-corrected chi connectivity index (χ0v) is 16.7. The summed E-state index contributed by atoms with van der Waals surface area (Å²) in [5.74, 6) is 0.243. The number of benzene rings is 1. The van der Waals surface area contributed by atoms with Gasteiger partial charge in [0, 0.05) is 19.4 Å². The fourth-order valence-corrected chi connectivity index (χ4v) is 3.99. The predicted octanol–water partition coefficient (Wildman–Crippen LogP) is 2.89. The van der Waals surface area contributed by atoms with Crippen LogP contribution in [0.15, 0.2) is 30.3 Å². The number of hydrogen-bond donors (Lipinski definition) is 1. The molecule has 8 heteroatoms. The Hall–Kier alpha value is -3.42. The maximum Gasteiger partial charge on any atom is 0.414 e. The highest BCUT2D eigenvalue weighted by Crippen LogP contribution is 2.36. The van der Waals surface area contributed by atoms with Gasteiger partial charge in [-0.1, -0.05) is 12.1 Å². The van der Waals surface area contributed by atoms with Gasteiger partial charge in [-0.25, -0.2) is 4.79 Å². The Bertz CT molecular complexity index is 1060. The highest BCUT2D eigenvalue weighted by atomic mass is 16.6. The Morgan fingerprint density at radius 2 is 2.03 bits per heavy atom. The van der Waals surface area contributed by atoms with Crippen molar-refractivity contribution in [1.82, 2.24) is 9.88 Å². The van der Waals surface area contributed by atoms with Gasteiger partial charge >= 0.3 is 6.09 Å². The SMILES string of the molecule is CN1Cc2nc(CC(=O)C3CC3)cc(Nc3ccccc3N3CCOC3=O)c2C1=O. The number of amides is 2. The molecule has 1 saturated heterocycles. The van der Waals surface area contributed by atoms with Gasteiger partial charge in [-0.2, -0.15) is 0 Å². The van der Waals surface area contributed by atoms with Crippen LogP contribution in [0.25, 0.3) is 0 Å². The molecule has 2 aliphatic heterocycles. The lowest BCUT2D eigenvalue weighted by molar-refractivity contribution is -0.119. The van der Waals surface area contributed by atoms with Crippen LogP contribution in [-0.4, -0.2) is 47.9 Å². The maximum atomic E-state index is 12.7. The summed E-state index contributed by atoms with van der Waals surface area (Å²) in [5, 5.41) is 3.33. The number of nitrogens with zero attached hydrogens (tertiary/aromatic N) is 3. The van der Waals surface area contributed by atoms with Gasteiger partial charge in [0.15, 0.2) is 0 Å². The first-order valence-electron chi connectivity index (χ1n) is 10.1. The molecule has 3 aliphatic rings. The number of ether oxygens (including phenoxy) is 1. The van der Waals surface area contributed by atoms with E-state index >= 15 is 0 Å². The maximum absolute atomic E-state index is 12.7. The molecule has 1 N–H and O–H groups in total. The predicted molar refractivity (Wildman–Crippen MR) is 110 cm³/mol. The van der Waals surface area contributed by atoms with E-state index in [0.29, 0.717) is 53.7 Å². The third kappa shape index (κ3) is 3.28. The number of para-hydroxylation sites is 2. The summed E-state index contributed by atoms with van der Waals surface area (Å²) in [7, 11) is 1.73. The van der Waals surface area contributed by atoms with E-state index in [1.54, 1.807) is 22.9 Å². The van der Waals surface area contributed by atoms with Crippen molar-refractivity contribution in [3.8, 4) is 0 Å². The van der Waals surface area contributed by atoms with Crippen molar-refractivity contribution in [3.63, 3.8) is 0 Å². The molecule has 2 fully saturated rings. The zero-order valence-electron chi connectivity index (χ0n) is 16.7. The zero-order chi connectivity index (χ0) is 20.8. The molecule has 0 unspecified atom stereocenters. The number of aromatic nitrogens is 1. The van der Waals surface area contributed by atoms with Crippen molar-refractivity contribution < 1.29 is 19.1 Å². The van der Waals surface area contributed by atoms with Crippen molar-refractivity contribution >= 4 is 34.8 Å². The number of rotatable bonds is 6. The molecule has 2 amide bonds. The molecule has 154 valence electrons. The van der Waals surface area contributed by atoms with Crippen molar-refractivity contribution in [2.45, 2.75) is 25.8 Å². The minimum Gasteiger partial charge on any atom is -0.447 e. The van der Waals surface area contributed by atoms with Crippen molar-refractivity contribution in [1.29, 1.82) is 0 Å². The number of hydrogen-bond acceptors (Lipinski definition) is 6. The Kier molecular flexibility index (Phi) is 4.42. The van der Waals surface area contributed by atoms with E-state index in [0.717, 1.165) is 12.8 Å². The molecule has 2 aromatic rings. The number of pyridine rings is 1. The smallest absolute Gasteiger partial charge is 0.414 e. The van der Waals surface area contributed by atoms with Gasteiger partial charge in [-0.15, -0.1) is 0 Å². The molecule has 1 aliphatic carbocycles. The van der Waals surface area contributed by atoms with Crippen LogP contribution in [0.5, 0.6) is 0 Å². The molecule has 3 heterocycles. The highest BCUT2D eigenvalue weighted by molar-refractivity contribution is 6.04. The molecule has 1 aromatic carbocycles. The van der Waals surface area contributed by atoms with E-state index in [2.05, 4.69) is 10.3 Å². The molecule has 0 atom stereocenters. The van der Waals surface area contributed by atoms with Crippen LogP contribution in [0.1, 0.15) is 34.6 Å². The number of Topliss-reactive ketones (excluding diaryl/α,β-unsaturated/α-hetero) is 1. The summed E-state index contributed by atoms with van der Waals surface area (Å²) in [4.78, 5) is 44.9. The van der Waals surface area contributed by atoms with Gasteiger partial charge in [-0.05, 0) is 31.0 Å². The van der Waals surface area contributed by atoms with E-state index in [9.17, 15) is 14.4 Å². The molecule has 30 heavy (non-hydrogen) atoms. The first kappa shape index (κ1) is 18.6. The quantitative estimate of drug-likeness (QED) is 0.793. The lowest BCUT2D eigenvalue weighted by Crippen LogP contribution is -2.24. The minimum atomic E-state index is -0.393. The van der Waals surface area contributed by atoms with Crippen LogP contribution < -0.4 is 10.2 Å². The minimum absolute atomic E-state index is 0.113. The monoisotopic (exact) mass is 406 g/mol. The topological polar surface area (TPSA) is 91.8 Å². The van der Waals surface area contributed by atoms with Crippen LogP contribution in [0.4, 0.5) is 21.9 Å². The van der Waals surface area contributed by atoms with Crippen LogP contribution in [0.2, 0.25) is 0 Å². The molecular formula is C22H22N4O4. The fraction of sp³-hybridized carbons (Fsp3) is 0.364. The second kappa shape index (κ2) is 7.12. The number of ketones is 1. The Morgan fingerprint density at radius 3 is 2.77 bits per heavy atom. The number of nitrogens with one attached hydrogen (secondary N) is 1. The van der Waals surface area contributed by atoms with E-state index in [1.165, 1.54) is 0 Å². The molecule has 1 aromatic heterocycles. The molecule has 8 nitrogen and oxygen atoms in total. The molecule has 0 spiro atoms. The van der Waals surface area contributed by atoms with Crippen LogP contribution in [-0.2, 0) is 22.5 Å². The van der Waals surface area contributed by atoms with Gasteiger partial charge in [0.25, 0.3) is 5.91 Å². The number of carbonyl (C=O) groups excluding carboxylic acids is 3. The van der Waals surface area contributed by atoms with Crippen molar-refractivity contribution in [3.05, 3.63) is 47.3 Å². The molecule has 5 rings (SSSR count). The van der Waals surface area contributed by atoms with Gasteiger partial charge in [0.05, 0.1) is 47.1 Å². The van der Waals surface area contributed by atoms with Crippen LogP contribution >= 0.6 is 0 Å². The number of carbonyl (C=O) groups is 3. The summed E-state index contributed by atoms with van der Waals surface area (Å²) in [6, 6.07) is 9.19. The summed E-state index contributed by atoms with van der Waals surface area (Å²) >= 11 is 0.